The van der Waals surface area contributed by atoms with E-state index in [2.05, 4.69) is 20.4 Å². The molecule has 6 heterocycles. The van der Waals surface area contributed by atoms with Crippen LogP contribution in [0.3, 0.4) is 0 Å². The van der Waals surface area contributed by atoms with E-state index in [-0.39, 0.29) is 0 Å². The first kappa shape index (κ1) is 23.7. The molecule has 38 heavy (non-hydrogen) atoms. The standard InChI is InChI=1S/2C13H14N4OS/c2*1-2-5-9(6-3-1)12-16-17-11(10-7-4-8-18-10)14-15-13(17)19-12/h2*4,7-9H,1-3,5-6H2. The van der Waals surface area contributed by atoms with E-state index >= 15 is 0 Å². The minimum atomic E-state index is 0.602. The smallest absolute Gasteiger partial charge is 0.235 e. The highest BCUT2D eigenvalue weighted by Crippen LogP contribution is 2.36. The Morgan fingerprint density at radius 2 is 1.05 bits per heavy atom. The van der Waals surface area contributed by atoms with Gasteiger partial charge in [-0.1, -0.05) is 61.2 Å². The molecule has 6 aromatic rings. The van der Waals surface area contributed by atoms with Crippen LogP contribution in [0.4, 0.5) is 0 Å². The van der Waals surface area contributed by atoms with Crippen LogP contribution in [0.5, 0.6) is 0 Å². The van der Waals surface area contributed by atoms with Gasteiger partial charge in [-0.2, -0.15) is 19.2 Å². The molecular weight excluding hydrogens is 520 g/mol. The molecule has 0 amide bonds. The number of hydrogen-bond acceptors (Lipinski definition) is 10. The molecule has 0 bridgehead atoms. The summed E-state index contributed by atoms with van der Waals surface area (Å²) in [6.45, 7) is 0. The monoisotopic (exact) mass is 548 g/mol. The number of fused-ring (bicyclic) bond motifs is 2. The van der Waals surface area contributed by atoms with E-state index < -0.39 is 0 Å². The summed E-state index contributed by atoms with van der Waals surface area (Å²) in [7, 11) is 0. The lowest BCUT2D eigenvalue weighted by Crippen LogP contribution is -2.04. The Balaban J connectivity index is 0.000000127. The maximum absolute atomic E-state index is 5.38. The summed E-state index contributed by atoms with van der Waals surface area (Å²) in [4.78, 5) is 1.71. The molecule has 0 radical (unpaired) electrons. The van der Waals surface area contributed by atoms with Crippen LogP contribution < -0.4 is 0 Å². The van der Waals surface area contributed by atoms with Gasteiger partial charge in [-0.05, 0) is 49.9 Å². The molecule has 0 saturated heterocycles. The topological polar surface area (TPSA) is 112 Å². The third-order valence-corrected chi connectivity index (χ3v) is 9.53. The number of hydrogen-bond donors (Lipinski definition) is 0. The van der Waals surface area contributed by atoms with E-state index in [4.69, 9.17) is 19.0 Å². The Morgan fingerprint density at radius 3 is 1.45 bits per heavy atom. The quantitative estimate of drug-likeness (QED) is 0.232. The Morgan fingerprint density at radius 1 is 0.605 bits per heavy atom. The van der Waals surface area contributed by atoms with Gasteiger partial charge in [0.1, 0.15) is 10.0 Å². The van der Waals surface area contributed by atoms with Crippen molar-refractivity contribution in [2.75, 3.05) is 0 Å². The van der Waals surface area contributed by atoms with Gasteiger partial charge in [0.15, 0.2) is 11.5 Å². The molecule has 0 aromatic carbocycles. The van der Waals surface area contributed by atoms with Gasteiger partial charge >= 0.3 is 0 Å². The second kappa shape index (κ2) is 10.4. The van der Waals surface area contributed by atoms with Crippen LogP contribution in [0.25, 0.3) is 33.1 Å². The highest BCUT2D eigenvalue weighted by molar-refractivity contribution is 7.17. The second-order valence-corrected chi connectivity index (χ2v) is 11.9. The van der Waals surface area contributed by atoms with E-state index in [1.807, 2.05) is 33.3 Å². The summed E-state index contributed by atoms with van der Waals surface area (Å²) in [6, 6.07) is 7.47. The van der Waals surface area contributed by atoms with Crippen molar-refractivity contribution in [2.24, 2.45) is 0 Å². The van der Waals surface area contributed by atoms with Gasteiger partial charge in [-0.25, -0.2) is 0 Å². The van der Waals surface area contributed by atoms with Gasteiger partial charge in [0.05, 0.1) is 12.5 Å². The lowest BCUT2D eigenvalue weighted by Gasteiger charge is -2.18. The lowest BCUT2D eigenvalue weighted by molar-refractivity contribution is 0.439. The maximum Gasteiger partial charge on any atom is 0.235 e. The van der Waals surface area contributed by atoms with Gasteiger partial charge < -0.3 is 8.83 Å². The highest BCUT2D eigenvalue weighted by Gasteiger charge is 2.23. The third-order valence-electron chi connectivity index (χ3n) is 7.40. The lowest BCUT2D eigenvalue weighted by atomic mass is 9.90. The SMILES string of the molecule is c1coc(-c2nnc3sc(C4CCCCC4)nn23)c1.c1coc(-c2nnc3sc(C4CCCCC4)nn23)c1. The molecule has 2 aliphatic rings. The van der Waals surface area contributed by atoms with Gasteiger partial charge in [0.25, 0.3) is 0 Å². The van der Waals surface area contributed by atoms with Gasteiger partial charge in [0.2, 0.25) is 21.6 Å². The molecule has 0 spiro atoms. The average molecular weight is 549 g/mol. The van der Waals surface area contributed by atoms with Crippen LogP contribution in [0.15, 0.2) is 45.6 Å². The van der Waals surface area contributed by atoms with E-state index in [9.17, 15) is 0 Å². The summed E-state index contributed by atoms with van der Waals surface area (Å²) in [5.74, 6) is 4.02. The zero-order chi connectivity index (χ0) is 25.3. The van der Waals surface area contributed by atoms with Crippen molar-refractivity contribution in [2.45, 2.75) is 76.0 Å². The molecule has 0 aliphatic heterocycles. The van der Waals surface area contributed by atoms with E-state index in [1.54, 1.807) is 35.2 Å². The van der Waals surface area contributed by atoms with Crippen molar-refractivity contribution in [3.8, 4) is 23.2 Å². The van der Waals surface area contributed by atoms with Crippen LogP contribution in [0.1, 0.15) is 86.1 Å². The number of nitrogens with zero attached hydrogens (tertiary/aromatic N) is 8. The zero-order valence-corrected chi connectivity index (χ0v) is 22.5. The predicted molar refractivity (Wildman–Crippen MR) is 144 cm³/mol. The molecule has 2 fully saturated rings. The molecule has 0 atom stereocenters. The van der Waals surface area contributed by atoms with Crippen molar-refractivity contribution in [1.29, 1.82) is 0 Å². The molecule has 2 aliphatic carbocycles. The maximum atomic E-state index is 5.38. The van der Waals surface area contributed by atoms with Crippen molar-refractivity contribution in [1.82, 2.24) is 39.6 Å². The van der Waals surface area contributed by atoms with Crippen LogP contribution in [-0.4, -0.2) is 39.6 Å². The first-order chi connectivity index (χ1) is 18.8. The van der Waals surface area contributed by atoms with Gasteiger partial charge in [0, 0.05) is 11.8 Å². The zero-order valence-electron chi connectivity index (χ0n) is 20.9. The Hall–Kier alpha value is -3.38. The number of furan rings is 2. The minimum absolute atomic E-state index is 0.602. The Labute approximate surface area is 226 Å². The molecule has 2 saturated carbocycles. The van der Waals surface area contributed by atoms with Crippen molar-refractivity contribution < 1.29 is 8.83 Å². The number of aromatic nitrogens is 8. The average Bonchev–Trinajstić information content (AvgIpc) is 3.79. The fourth-order valence-electron chi connectivity index (χ4n) is 5.41. The molecule has 8 rings (SSSR count). The van der Waals surface area contributed by atoms with E-state index in [0.29, 0.717) is 35.0 Å². The van der Waals surface area contributed by atoms with Crippen LogP contribution in [0, 0.1) is 0 Å². The Kier molecular flexibility index (Phi) is 6.50. The second-order valence-electron chi connectivity index (χ2n) is 9.94. The summed E-state index contributed by atoms with van der Waals surface area (Å²) >= 11 is 3.32. The van der Waals surface area contributed by atoms with Gasteiger partial charge in [-0.3, -0.25) is 0 Å². The van der Waals surface area contributed by atoms with E-state index in [0.717, 1.165) is 9.92 Å². The predicted octanol–water partition coefficient (Wildman–Crippen LogP) is 6.99. The summed E-state index contributed by atoms with van der Waals surface area (Å²) < 4.78 is 14.4. The Bertz CT molecular complexity index is 1480. The number of rotatable bonds is 4. The van der Waals surface area contributed by atoms with Gasteiger partial charge in [-0.15, -0.1) is 20.4 Å². The van der Waals surface area contributed by atoms with Crippen LogP contribution >= 0.6 is 22.7 Å². The third kappa shape index (κ3) is 4.55. The van der Waals surface area contributed by atoms with E-state index in [1.165, 1.54) is 74.2 Å². The van der Waals surface area contributed by atoms with Crippen LogP contribution in [0.2, 0.25) is 0 Å². The molecule has 12 heteroatoms. The molecule has 10 nitrogen and oxygen atoms in total. The molecule has 0 N–H and O–H groups in total. The fraction of sp³-hybridized carbons (Fsp3) is 0.462. The summed E-state index contributed by atoms with van der Waals surface area (Å²) in [6.07, 6.45) is 16.3. The summed E-state index contributed by atoms with van der Waals surface area (Å²) in [5, 5.41) is 28.5. The molecular formula is C26H28N8O2S2. The van der Waals surface area contributed by atoms with Crippen LogP contribution in [-0.2, 0) is 0 Å². The molecule has 196 valence electrons. The van der Waals surface area contributed by atoms with Crippen molar-refractivity contribution in [3.63, 3.8) is 0 Å². The first-order valence-corrected chi connectivity index (χ1v) is 15.0. The van der Waals surface area contributed by atoms with Crippen molar-refractivity contribution in [3.05, 3.63) is 46.8 Å². The minimum Gasteiger partial charge on any atom is -0.461 e. The molecule has 6 aromatic heterocycles. The molecule has 0 unspecified atom stereocenters. The largest absolute Gasteiger partial charge is 0.461 e. The first-order valence-electron chi connectivity index (χ1n) is 13.4. The fourth-order valence-corrected chi connectivity index (χ4v) is 7.43. The summed E-state index contributed by atoms with van der Waals surface area (Å²) in [5.41, 5.74) is 0. The van der Waals surface area contributed by atoms with Crippen molar-refractivity contribution >= 4 is 32.6 Å². The normalized spacial score (nSPS) is 17.3. The highest BCUT2D eigenvalue weighted by atomic mass is 32.1.